The van der Waals surface area contributed by atoms with Gasteiger partial charge in [-0.3, -0.25) is 9.78 Å². The van der Waals surface area contributed by atoms with E-state index in [0.717, 1.165) is 17.2 Å². The predicted molar refractivity (Wildman–Crippen MR) is 138 cm³/mol. The summed E-state index contributed by atoms with van der Waals surface area (Å²) in [4.78, 5) is 22.1. The highest BCUT2D eigenvalue weighted by Gasteiger charge is 2.20. The van der Waals surface area contributed by atoms with Crippen molar-refractivity contribution in [2.45, 2.75) is 32.4 Å². The molecule has 0 unspecified atom stereocenters. The third kappa shape index (κ3) is 5.48. The van der Waals surface area contributed by atoms with Gasteiger partial charge in [-0.2, -0.15) is 5.26 Å². The quantitative estimate of drug-likeness (QED) is 0.176. The highest BCUT2D eigenvalue weighted by Crippen LogP contribution is 2.31. The summed E-state index contributed by atoms with van der Waals surface area (Å²) in [7, 11) is 0.353. The summed E-state index contributed by atoms with van der Waals surface area (Å²) in [6, 6.07) is 13.9. The Hall–Kier alpha value is -3.80. The van der Waals surface area contributed by atoms with Crippen molar-refractivity contribution in [3.63, 3.8) is 0 Å². The second-order valence-electron chi connectivity index (χ2n) is 9.54. The van der Waals surface area contributed by atoms with Gasteiger partial charge in [0.2, 0.25) is 0 Å². The molecule has 0 aliphatic carbocycles. The molecule has 0 fully saturated rings. The maximum absolute atomic E-state index is 13.4. The van der Waals surface area contributed by atoms with E-state index in [1.807, 2.05) is 16.7 Å². The van der Waals surface area contributed by atoms with Crippen molar-refractivity contribution >= 4 is 24.9 Å². The number of ketones is 1. The van der Waals surface area contributed by atoms with Crippen LogP contribution in [0.2, 0.25) is 25.7 Å². The van der Waals surface area contributed by atoms with Crippen LogP contribution in [-0.2, 0) is 11.5 Å². The van der Waals surface area contributed by atoms with Crippen LogP contribution >= 0.6 is 0 Å². The molecule has 3 aromatic heterocycles. The number of fused-ring (bicyclic) bond motifs is 1. The van der Waals surface area contributed by atoms with Crippen LogP contribution in [0.5, 0.6) is 5.75 Å². The molecule has 0 bridgehead atoms. The van der Waals surface area contributed by atoms with Crippen molar-refractivity contribution in [1.29, 1.82) is 5.26 Å². The number of hydrogen-bond donors (Lipinski definition) is 0. The first kappa shape index (κ1) is 24.3. The van der Waals surface area contributed by atoms with Crippen LogP contribution in [0, 0.1) is 11.3 Å². The molecule has 4 rings (SSSR count). The van der Waals surface area contributed by atoms with Gasteiger partial charge in [0.25, 0.3) is 0 Å². The van der Waals surface area contributed by atoms with Crippen molar-refractivity contribution in [3.05, 3.63) is 77.9 Å². The SMILES string of the molecule is COc1ccc(-c2cnc3c(c2)c(C(=O)c2ccncc2)cn3COCC[Si](C)(C)C)c(C#N)c1. The lowest BCUT2D eigenvalue weighted by molar-refractivity contribution is 0.0896. The minimum atomic E-state index is -1.21. The Morgan fingerprint density at radius 2 is 1.91 bits per heavy atom. The Kier molecular flexibility index (Phi) is 7.10. The third-order valence-corrected chi connectivity index (χ3v) is 7.49. The van der Waals surface area contributed by atoms with E-state index in [1.54, 1.807) is 56.2 Å². The molecule has 7 nitrogen and oxygen atoms in total. The van der Waals surface area contributed by atoms with E-state index in [2.05, 4.69) is 35.7 Å². The number of hydrogen-bond acceptors (Lipinski definition) is 6. The standard InChI is InChI=1S/C27H28N4O3Si/c1-33-22-5-6-23(20(13-22)15-28)21-14-24-25(26(32)19-7-9-29-10-8-19)17-31(27(24)30-16-21)18-34-11-12-35(2,3)4/h5-10,13-14,16-17H,11-12,18H2,1-4H3. The van der Waals surface area contributed by atoms with Crippen LogP contribution in [0.15, 0.2) is 61.2 Å². The summed E-state index contributed by atoms with van der Waals surface area (Å²) in [5.74, 6) is 0.488. The van der Waals surface area contributed by atoms with Crippen molar-refractivity contribution < 1.29 is 14.3 Å². The van der Waals surface area contributed by atoms with E-state index in [4.69, 9.17) is 9.47 Å². The molecule has 0 saturated carbocycles. The number of pyridine rings is 2. The molecule has 0 amide bonds. The summed E-state index contributed by atoms with van der Waals surface area (Å²) < 4.78 is 13.1. The number of nitriles is 1. The molecule has 1 aromatic carbocycles. The van der Waals surface area contributed by atoms with Crippen LogP contribution in [0.3, 0.4) is 0 Å². The van der Waals surface area contributed by atoms with Gasteiger partial charge in [-0.1, -0.05) is 19.6 Å². The third-order valence-electron chi connectivity index (χ3n) is 5.79. The second kappa shape index (κ2) is 10.2. The fourth-order valence-electron chi connectivity index (χ4n) is 3.79. The maximum Gasteiger partial charge on any atom is 0.195 e. The highest BCUT2D eigenvalue weighted by atomic mass is 28.3. The number of carbonyl (C=O) groups is 1. The number of methoxy groups -OCH3 is 1. The minimum absolute atomic E-state index is 0.118. The van der Waals surface area contributed by atoms with Gasteiger partial charge >= 0.3 is 0 Å². The Balaban J connectivity index is 1.77. The molecule has 4 aromatic rings. The van der Waals surface area contributed by atoms with E-state index < -0.39 is 8.07 Å². The average molecular weight is 485 g/mol. The van der Waals surface area contributed by atoms with Crippen molar-refractivity contribution in [2.24, 2.45) is 0 Å². The van der Waals surface area contributed by atoms with Gasteiger partial charge < -0.3 is 14.0 Å². The Bertz CT molecular complexity index is 1400. The van der Waals surface area contributed by atoms with Gasteiger partial charge in [0, 0.05) is 67.1 Å². The van der Waals surface area contributed by atoms with Gasteiger partial charge in [0.1, 0.15) is 18.1 Å². The zero-order valence-corrected chi connectivity index (χ0v) is 21.4. The Morgan fingerprint density at radius 3 is 2.60 bits per heavy atom. The molecule has 0 atom stereocenters. The fraction of sp³-hybridized carbons (Fsp3) is 0.259. The molecular weight excluding hydrogens is 456 g/mol. The van der Waals surface area contributed by atoms with Gasteiger partial charge in [0.05, 0.1) is 18.7 Å². The molecule has 35 heavy (non-hydrogen) atoms. The van der Waals surface area contributed by atoms with Gasteiger partial charge in [-0.15, -0.1) is 0 Å². The number of rotatable bonds is 9. The number of benzene rings is 1. The second-order valence-corrected chi connectivity index (χ2v) is 15.2. The summed E-state index contributed by atoms with van der Waals surface area (Å²) in [5, 5.41) is 10.4. The number of ether oxygens (including phenoxy) is 2. The summed E-state index contributed by atoms with van der Waals surface area (Å²) in [6.45, 7) is 7.90. The molecule has 0 aliphatic heterocycles. The fourth-order valence-corrected chi connectivity index (χ4v) is 4.55. The van der Waals surface area contributed by atoms with E-state index in [1.165, 1.54) is 0 Å². The molecular formula is C27H28N4O3Si. The molecule has 8 heteroatoms. The summed E-state index contributed by atoms with van der Waals surface area (Å²) in [6.07, 6.45) is 6.74. The molecule has 0 N–H and O–H groups in total. The summed E-state index contributed by atoms with van der Waals surface area (Å²) >= 11 is 0. The predicted octanol–water partition coefficient (Wildman–Crippen LogP) is 5.52. The maximum atomic E-state index is 13.4. The van der Waals surface area contributed by atoms with Gasteiger partial charge in [-0.25, -0.2) is 4.98 Å². The normalized spacial score (nSPS) is 11.4. The molecule has 0 saturated heterocycles. The number of carbonyl (C=O) groups excluding carboxylic acids is 1. The van der Waals surface area contributed by atoms with Gasteiger partial charge in [0.15, 0.2) is 5.78 Å². The van der Waals surface area contributed by atoms with E-state index in [0.29, 0.717) is 46.8 Å². The number of aromatic nitrogens is 3. The monoisotopic (exact) mass is 484 g/mol. The first-order chi connectivity index (χ1) is 16.8. The summed E-state index contributed by atoms with van der Waals surface area (Å²) in [5.41, 5.74) is 3.68. The molecule has 0 radical (unpaired) electrons. The smallest absolute Gasteiger partial charge is 0.195 e. The van der Waals surface area contributed by atoms with Crippen molar-refractivity contribution in [1.82, 2.24) is 14.5 Å². The lowest BCUT2D eigenvalue weighted by Crippen LogP contribution is -2.22. The first-order valence-electron chi connectivity index (χ1n) is 11.4. The average Bonchev–Trinajstić information content (AvgIpc) is 3.23. The minimum Gasteiger partial charge on any atom is -0.497 e. The molecule has 178 valence electrons. The topological polar surface area (TPSA) is 90.0 Å². The largest absolute Gasteiger partial charge is 0.497 e. The van der Waals surface area contributed by atoms with Crippen LogP contribution in [-0.4, -0.2) is 42.1 Å². The first-order valence-corrected chi connectivity index (χ1v) is 15.1. The zero-order valence-electron chi connectivity index (χ0n) is 20.4. The molecule has 3 heterocycles. The van der Waals surface area contributed by atoms with Crippen LogP contribution in [0.4, 0.5) is 0 Å². The van der Waals surface area contributed by atoms with E-state index >= 15 is 0 Å². The van der Waals surface area contributed by atoms with Crippen LogP contribution in [0.1, 0.15) is 21.5 Å². The van der Waals surface area contributed by atoms with Crippen LogP contribution in [0.25, 0.3) is 22.2 Å². The highest BCUT2D eigenvalue weighted by molar-refractivity contribution is 6.76. The lowest BCUT2D eigenvalue weighted by Gasteiger charge is -2.15. The van der Waals surface area contributed by atoms with Crippen molar-refractivity contribution in [3.8, 4) is 22.9 Å². The Morgan fingerprint density at radius 1 is 1.14 bits per heavy atom. The molecule has 0 aliphatic rings. The van der Waals surface area contributed by atoms with E-state index in [-0.39, 0.29) is 5.78 Å². The zero-order chi connectivity index (χ0) is 25.0. The van der Waals surface area contributed by atoms with Gasteiger partial charge in [-0.05, 0) is 42.4 Å². The number of nitrogens with zero attached hydrogens (tertiary/aromatic N) is 4. The van der Waals surface area contributed by atoms with Crippen molar-refractivity contribution in [2.75, 3.05) is 13.7 Å². The molecule has 0 spiro atoms. The Labute approximate surface area is 206 Å². The van der Waals surface area contributed by atoms with Crippen LogP contribution < -0.4 is 4.74 Å². The van der Waals surface area contributed by atoms with E-state index in [9.17, 15) is 10.1 Å². The lowest BCUT2D eigenvalue weighted by atomic mass is 9.99.